The lowest BCUT2D eigenvalue weighted by atomic mass is 10.6. The third-order valence-corrected chi connectivity index (χ3v) is 4.40. The molecule has 0 bridgehead atoms. The van der Waals surface area contributed by atoms with E-state index >= 15 is 0 Å². The largest absolute Gasteiger partial charge is 0.375 e. The van der Waals surface area contributed by atoms with E-state index in [0.29, 0.717) is 15.9 Å². The second-order valence-corrected chi connectivity index (χ2v) is 5.25. The molecule has 6 heteroatoms. The summed E-state index contributed by atoms with van der Waals surface area (Å²) in [6, 6.07) is 0. The van der Waals surface area contributed by atoms with Crippen LogP contribution in [0.1, 0.15) is 5.69 Å². The molecule has 0 saturated heterocycles. The average Bonchev–Trinajstić information content (AvgIpc) is 2.41. The molecule has 0 radical (unpaired) electrons. The van der Waals surface area contributed by atoms with Crippen LogP contribution in [0.25, 0.3) is 0 Å². The summed E-state index contributed by atoms with van der Waals surface area (Å²) in [6.45, 7) is 1.92. The van der Waals surface area contributed by atoms with Gasteiger partial charge in [0.1, 0.15) is 0 Å². The predicted molar refractivity (Wildman–Crippen MR) is 61.8 cm³/mol. The van der Waals surface area contributed by atoms with Gasteiger partial charge in [-0.05, 0) is 6.92 Å². The highest BCUT2D eigenvalue weighted by Crippen LogP contribution is 2.32. The zero-order valence-corrected chi connectivity index (χ0v) is 10.0. The van der Waals surface area contributed by atoms with Gasteiger partial charge in [0.25, 0.3) is 0 Å². The summed E-state index contributed by atoms with van der Waals surface area (Å²) in [7, 11) is 0. The molecule has 0 saturated carbocycles. The van der Waals surface area contributed by atoms with Gasteiger partial charge in [-0.25, -0.2) is 4.98 Å². The molecule has 72 valence electrons. The van der Waals surface area contributed by atoms with E-state index in [1.54, 1.807) is 11.8 Å². The monoisotopic (exact) mass is 254 g/mol. The van der Waals surface area contributed by atoms with Crippen molar-refractivity contribution in [3.05, 3.63) is 16.3 Å². The Morgan fingerprint density at radius 1 is 1.77 bits per heavy atom. The van der Waals surface area contributed by atoms with E-state index in [9.17, 15) is 0 Å². The molecule has 1 aromatic rings. The summed E-state index contributed by atoms with van der Waals surface area (Å²) in [5.41, 5.74) is 7.86. The fraction of sp³-hybridized carbons (Fsp3) is 0.286. The molecule has 0 unspecified atom stereocenters. The van der Waals surface area contributed by atoms with E-state index in [-0.39, 0.29) is 0 Å². The quantitative estimate of drug-likeness (QED) is 0.841. The number of thiazole rings is 1. The van der Waals surface area contributed by atoms with Crippen molar-refractivity contribution in [2.75, 3.05) is 11.5 Å². The van der Waals surface area contributed by atoms with Crippen LogP contribution in [0, 0.1) is 6.92 Å². The smallest absolute Gasteiger partial charge is 0.181 e. The summed E-state index contributed by atoms with van der Waals surface area (Å²) in [5.74, 6) is 0.660. The minimum absolute atomic E-state index is 0.589. The lowest BCUT2D eigenvalue weighted by Crippen LogP contribution is -1.81. The number of hydrogen-bond donors (Lipinski definition) is 1. The molecule has 1 rings (SSSR count). The summed E-state index contributed by atoms with van der Waals surface area (Å²) >= 11 is 14.2. The molecule has 0 amide bonds. The van der Waals surface area contributed by atoms with Crippen molar-refractivity contribution >= 4 is 51.4 Å². The first-order valence-corrected chi connectivity index (χ1v) is 6.05. The molecule has 0 aliphatic rings. The summed E-state index contributed by atoms with van der Waals surface area (Å²) < 4.78 is 1.09. The molecular formula is C7H8Cl2N2S2. The van der Waals surface area contributed by atoms with Crippen molar-refractivity contribution in [2.24, 2.45) is 0 Å². The van der Waals surface area contributed by atoms with E-state index in [0.717, 1.165) is 9.90 Å². The van der Waals surface area contributed by atoms with E-state index in [2.05, 4.69) is 4.98 Å². The first kappa shape index (κ1) is 11.2. The highest BCUT2D eigenvalue weighted by atomic mass is 35.5. The molecule has 1 heterocycles. The van der Waals surface area contributed by atoms with Crippen LogP contribution in [0.15, 0.2) is 14.8 Å². The normalized spacial score (nSPS) is 12.1. The van der Waals surface area contributed by atoms with Gasteiger partial charge >= 0.3 is 0 Å². The Morgan fingerprint density at radius 3 is 2.92 bits per heavy atom. The van der Waals surface area contributed by atoms with Crippen LogP contribution in [0.2, 0.25) is 0 Å². The standard InChI is InChI=1S/C7H8Cl2N2S2/c1-4-6(13-7(10)11-4)12-3-5(9)2-8/h2H,3H2,1H3,(H2,10,11). The lowest BCUT2D eigenvalue weighted by molar-refractivity contribution is 1.21. The van der Waals surface area contributed by atoms with Crippen LogP contribution >= 0.6 is 46.3 Å². The topological polar surface area (TPSA) is 38.9 Å². The number of thioether (sulfide) groups is 1. The molecule has 0 aliphatic carbocycles. The number of nitrogen functional groups attached to an aromatic ring is 1. The first-order chi connectivity index (χ1) is 6.13. The van der Waals surface area contributed by atoms with E-state index < -0.39 is 0 Å². The first-order valence-electron chi connectivity index (χ1n) is 3.44. The molecule has 0 spiro atoms. The highest BCUT2D eigenvalue weighted by molar-refractivity contribution is 8.01. The average molecular weight is 255 g/mol. The third kappa shape index (κ3) is 3.38. The Balaban J connectivity index is 2.59. The van der Waals surface area contributed by atoms with Crippen molar-refractivity contribution in [2.45, 2.75) is 11.1 Å². The van der Waals surface area contributed by atoms with E-state index in [1.807, 2.05) is 6.92 Å². The SMILES string of the molecule is Cc1nc(N)sc1SCC(Cl)=CCl. The van der Waals surface area contributed by atoms with Crippen LogP contribution in [0.5, 0.6) is 0 Å². The third-order valence-electron chi connectivity index (χ3n) is 1.23. The second kappa shape index (κ2) is 5.10. The van der Waals surface area contributed by atoms with Crippen molar-refractivity contribution in [3.63, 3.8) is 0 Å². The molecule has 2 N–H and O–H groups in total. The zero-order chi connectivity index (χ0) is 9.84. The van der Waals surface area contributed by atoms with Crippen LogP contribution in [0.3, 0.4) is 0 Å². The Morgan fingerprint density at radius 2 is 2.46 bits per heavy atom. The Bertz CT molecular complexity index is 322. The van der Waals surface area contributed by atoms with Gasteiger partial charge in [-0.2, -0.15) is 0 Å². The molecular weight excluding hydrogens is 247 g/mol. The number of rotatable bonds is 3. The maximum Gasteiger partial charge on any atom is 0.181 e. The van der Waals surface area contributed by atoms with Gasteiger partial charge in [0.05, 0.1) is 9.90 Å². The highest BCUT2D eigenvalue weighted by Gasteiger charge is 2.05. The molecule has 0 fully saturated rings. The number of hydrogen-bond acceptors (Lipinski definition) is 4. The van der Waals surface area contributed by atoms with Gasteiger partial charge in [-0.1, -0.05) is 34.5 Å². The van der Waals surface area contributed by atoms with Gasteiger partial charge in [0, 0.05) is 16.3 Å². The number of nitrogens with zero attached hydrogens (tertiary/aromatic N) is 1. The predicted octanol–water partition coefficient (Wildman–Crippen LogP) is 3.44. The van der Waals surface area contributed by atoms with Gasteiger partial charge in [-0.3, -0.25) is 0 Å². The summed E-state index contributed by atoms with van der Waals surface area (Å²) in [5, 5.41) is 1.21. The van der Waals surface area contributed by atoms with Crippen molar-refractivity contribution in [1.29, 1.82) is 0 Å². The van der Waals surface area contributed by atoms with Crippen LogP contribution in [-0.2, 0) is 0 Å². The molecule has 0 aliphatic heterocycles. The van der Waals surface area contributed by atoms with Crippen LogP contribution in [0.4, 0.5) is 5.13 Å². The van der Waals surface area contributed by atoms with Crippen molar-refractivity contribution < 1.29 is 0 Å². The Hall–Kier alpha value is 0.1000. The maximum atomic E-state index is 5.74. The molecule has 1 aromatic heterocycles. The zero-order valence-electron chi connectivity index (χ0n) is 6.88. The van der Waals surface area contributed by atoms with Crippen molar-refractivity contribution in [1.82, 2.24) is 4.98 Å². The van der Waals surface area contributed by atoms with E-state index in [1.165, 1.54) is 16.9 Å². The molecule has 0 atom stereocenters. The van der Waals surface area contributed by atoms with Gasteiger partial charge < -0.3 is 5.73 Å². The second-order valence-electron chi connectivity index (χ2n) is 2.27. The summed E-state index contributed by atoms with van der Waals surface area (Å²) in [4.78, 5) is 4.09. The minimum atomic E-state index is 0.589. The van der Waals surface area contributed by atoms with Crippen LogP contribution < -0.4 is 5.73 Å². The molecule has 2 nitrogen and oxygen atoms in total. The molecule has 0 aromatic carbocycles. The van der Waals surface area contributed by atoms with E-state index in [4.69, 9.17) is 28.9 Å². The van der Waals surface area contributed by atoms with Crippen LogP contribution in [-0.4, -0.2) is 10.7 Å². The number of nitrogens with two attached hydrogens (primary N) is 1. The number of aromatic nitrogens is 1. The van der Waals surface area contributed by atoms with Gasteiger partial charge in [0.15, 0.2) is 5.13 Å². The van der Waals surface area contributed by atoms with Crippen molar-refractivity contribution in [3.8, 4) is 0 Å². The van der Waals surface area contributed by atoms with Gasteiger partial charge in [0.2, 0.25) is 0 Å². The summed E-state index contributed by atoms with van der Waals surface area (Å²) in [6.07, 6.45) is 0. The number of aryl methyl sites for hydroxylation is 1. The Kier molecular flexibility index (Phi) is 4.38. The van der Waals surface area contributed by atoms with Gasteiger partial charge in [-0.15, -0.1) is 11.8 Å². The number of anilines is 1. The fourth-order valence-electron chi connectivity index (χ4n) is 0.702. The minimum Gasteiger partial charge on any atom is -0.375 e. The lowest BCUT2D eigenvalue weighted by Gasteiger charge is -1.95. The maximum absolute atomic E-state index is 5.74. The fourth-order valence-corrected chi connectivity index (χ4v) is 2.88. The molecule has 13 heavy (non-hydrogen) atoms. The Labute approximate surface area is 95.1 Å². The number of halogens is 2.